The first kappa shape index (κ1) is 20.0. The van der Waals surface area contributed by atoms with Crippen LogP contribution < -0.4 is 16.0 Å². The molecule has 0 amide bonds. The normalized spacial score (nSPS) is 24.6. The number of hydrogen-bond donors (Lipinski definition) is 2. The Morgan fingerprint density at radius 1 is 1.18 bits per heavy atom. The predicted octanol–water partition coefficient (Wildman–Crippen LogP) is 1.16. The monoisotopic (exact) mass is 388 g/mol. The van der Waals surface area contributed by atoms with Gasteiger partial charge in [-0.05, 0) is 24.1 Å². The van der Waals surface area contributed by atoms with Crippen LogP contribution in [0.15, 0.2) is 18.2 Å². The van der Waals surface area contributed by atoms with Crippen molar-refractivity contribution in [2.24, 2.45) is 0 Å². The maximum Gasteiger partial charge on any atom is 0.119 e. The minimum absolute atomic E-state index is 0.406. The number of benzene rings is 1. The number of morpholine rings is 1. The largest absolute Gasteiger partial charge is 0.399 e. The van der Waals surface area contributed by atoms with E-state index in [9.17, 15) is 0 Å². The number of nitrogens with zero attached hydrogens (tertiary/aromatic N) is 3. The number of likely N-dealkylation sites (tertiary alicyclic amines) is 1. The fraction of sp³-hybridized carbons (Fsp3) is 0.727. The third-order valence-corrected chi connectivity index (χ3v) is 6.78. The minimum Gasteiger partial charge on any atom is -0.399 e. The van der Waals surface area contributed by atoms with Crippen LogP contribution in [-0.2, 0) is 11.2 Å². The van der Waals surface area contributed by atoms with Gasteiger partial charge in [0.1, 0.15) is 12.6 Å². The van der Waals surface area contributed by atoms with Crippen LogP contribution in [0, 0.1) is 0 Å². The molecule has 2 saturated heterocycles. The molecule has 3 heterocycles. The summed E-state index contributed by atoms with van der Waals surface area (Å²) >= 11 is 0. The van der Waals surface area contributed by atoms with Gasteiger partial charge in [0.25, 0.3) is 0 Å². The summed E-state index contributed by atoms with van der Waals surface area (Å²) in [6.45, 7) is 12.2. The molecular formula is C22H38N5O+. The van der Waals surface area contributed by atoms with E-state index in [1.54, 1.807) is 0 Å². The second kappa shape index (κ2) is 8.99. The third kappa shape index (κ3) is 4.98. The van der Waals surface area contributed by atoms with Crippen molar-refractivity contribution in [3.05, 3.63) is 23.8 Å². The molecule has 4 rings (SSSR count). The molecule has 0 spiro atoms. The quantitative estimate of drug-likeness (QED) is 0.398. The molecule has 3 N–H and O–H groups in total. The second-order valence-corrected chi connectivity index (χ2v) is 9.13. The van der Waals surface area contributed by atoms with E-state index in [-0.39, 0.29) is 0 Å². The van der Waals surface area contributed by atoms with Gasteiger partial charge in [0.05, 0.1) is 26.7 Å². The maximum absolute atomic E-state index is 6.08. The molecule has 28 heavy (non-hydrogen) atoms. The Balaban J connectivity index is 1.14. The summed E-state index contributed by atoms with van der Waals surface area (Å²) < 4.78 is 7.29. The summed E-state index contributed by atoms with van der Waals surface area (Å²) in [6.07, 6.45) is 4.31. The van der Waals surface area contributed by atoms with Gasteiger partial charge in [-0.15, -0.1) is 0 Å². The fourth-order valence-electron chi connectivity index (χ4n) is 5.14. The summed E-state index contributed by atoms with van der Waals surface area (Å²) in [5.74, 6) is 0. The van der Waals surface area contributed by atoms with E-state index in [0.29, 0.717) is 6.10 Å². The SMILES string of the molecule is C[N+]1(CC2CN(CCNCCN3CCc4ccc(N)cc43)CCO2)CCCC1. The zero-order valence-corrected chi connectivity index (χ0v) is 17.5. The molecule has 1 aromatic rings. The summed E-state index contributed by atoms with van der Waals surface area (Å²) in [5, 5.41) is 3.64. The minimum atomic E-state index is 0.406. The first-order valence-corrected chi connectivity index (χ1v) is 11.1. The van der Waals surface area contributed by atoms with Gasteiger partial charge in [0, 0.05) is 70.0 Å². The number of rotatable bonds is 8. The number of hydrogen-bond acceptors (Lipinski definition) is 5. The smallest absolute Gasteiger partial charge is 0.119 e. The average molecular weight is 389 g/mol. The summed E-state index contributed by atoms with van der Waals surface area (Å²) in [5.41, 5.74) is 9.59. The molecule has 1 unspecified atom stereocenters. The van der Waals surface area contributed by atoms with E-state index in [1.165, 1.54) is 48.2 Å². The molecule has 1 aromatic carbocycles. The van der Waals surface area contributed by atoms with Crippen molar-refractivity contribution < 1.29 is 9.22 Å². The maximum atomic E-state index is 6.08. The Hall–Kier alpha value is -1.34. The summed E-state index contributed by atoms with van der Waals surface area (Å²) in [4.78, 5) is 5.04. The molecule has 0 saturated carbocycles. The van der Waals surface area contributed by atoms with Crippen LogP contribution in [0.3, 0.4) is 0 Å². The zero-order chi connectivity index (χ0) is 19.4. The van der Waals surface area contributed by atoms with Gasteiger partial charge in [-0.2, -0.15) is 0 Å². The van der Waals surface area contributed by atoms with Crippen molar-refractivity contribution in [2.75, 3.05) is 89.7 Å². The van der Waals surface area contributed by atoms with E-state index in [0.717, 1.165) is 64.5 Å². The van der Waals surface area contributed by atoms with Gasteiger partial charge in [0.15, 0.2) is 0 Å². The molecule has 156 valence electrons. The van der Waals surface area contributed by atoms with E-state index >= 15 is 0 Å². The van der Waals surface area contributed by atoms with E-state index in [2.05, 4.69) is 34.3 Å². The molecule has 0 aromatic heterocycles. The number of fused-ring (bicyclic) bond motifs is 1. The number of nitrogens with two attached hydrogens (primary N) is 1. The predicted molar refractivity (Wildman–Crippen MR) is 116 cm³/mol. The third-order valence-electron chi connectivity index (χ3n) is 6.78. The van der Waals surface area contributed by atoms with Crippen LogP contribution in [0.1, 0.15) is 18.4 Å². The molecule has 6 nitrogen and oxygen atoms in total. The molecule has 3 aliphatic heterocycles. The molecule has 1 atom stereocenters. The van der Waals surface area contributed by atoms with Crippen molar-refractivity contribution in [3.63, 3.8) is 0 Å². The number of nitrogens with one attached hydrogen (secondary N) is 1. The van der Waals surface area contributed by atoms with Gasteiger partial charge in [-0.25, -0.2) is 0 Å². The van der Waals surface area contributed by atoms with E-state index < -0.39 is 0 Å². The van der Waals surface area contributed by atoms with Crippen LogP contribution in [-0.4, -0.2) is 94.6 Å². The molecule has 0 bridgehead atoms. The van der Waals surface area contributed by atoms with Crippen molar-refractivity contribution in [3.8, 4) is 0 Å². The summed E-state index contributed by atoms with van der Waals surface area (Å²) in [7, 11) is 2.40. The number of quaternary nitrogens is 1. The lowest BCUT2D eigenvalue weighted by molar-refractivity contribution is -0.900. The van der Waals surface area contributed by atoms with Crippen LogP contribution in [0.2, 0.25) is 0 Å². The van der Waals surface area contributed by atoms with Crippen molar-refractivity contribution in [2.45, 2.75) is 25.4 Å². The van der Waals surface area contributed by atoms with Crippen molar-refractivity contribution in [1.29, 1.82) is 0 Å². The van der Waals surface area contributed by atoms with Crippen molar-refractivity contribution in [1.82, 2.24) is 10.2 Å². The highest BCUT2D eigenvalue weighted by molar-refractivity contribution is 5.64. The standard InChI is InChI=1S/C22H38N5O/c1-27(13-2-3-14-27)18-21-17-25(12-15-28-21)10-7-24-8-11-26-9-6-19-4-5-20(23)16-22(19)26/h4-5,16,21,24H,2-3,6-15,17-18,23H2,1H3/q+1. The first-order chi connectivity index (χ1) is 13.6. The topological polar surface area (TPSA) is 53.8 Å². The lowest BCUT2D eigenvalue weighted by Gasteiger charge is -2.38. The Kier molecular flexibility index (Phi) is 6.41. The Labute approximate surface area is 170 Å². The Morgan fingerprint density at radius 2 is 2.00 bits per heavy atom. The van der Waals surface area contributed by atoms with Gasteiger partial charge in [-0.3, -0.25) is 4.90 Å². The Bertz CT molecular complexity index is 646. The van der Waals surface area contributed by atoms with Crippen LogP contribution in [0.4, 0.5) is 11.4 Å². The molecule has 0 radical (unpaired) electrons. The van der Waals surface area contributed by atoms with Gasteiger partial charge in [0.2, 0.25) is 0 Å². The zero-order valence-electron chi connectivity index (χ0n) is 17.5. The highest BCUT2D eigenvalue weighted by Gasteiger charge is 2.32. The highest BCUT2D eigenvalue weighted by atomic mass is 16.5. The van der Waals surface area contributed by atoms with E-state index in [1.807, 2.05) is 6.07 Å². The number of anilines is 2. The highest BCUT2D eigenvalue weighted by Crippen LogP contribution is 2.29. The van der Waals surface area contributed by atoms with Crippen LogP contribution in [0.5, 0.6) is 0 Å². The molecule has 0 aliphatic carbocycles. The summed E-state index contributed by atoms with van der Waals surface area (Å²) in [6, 6.07) is 6.32. The number of likely N-dealkylation sites (N-methyl/N-ethyl adjacent to an activating group) is 1. The van der Waals surface area contributed by atoms with Crippen LogP contribution in [0.25, 0.3) is 0 Å². The second-order valence-electron chi connectivity index (χ2n) is 9.13. The van der Waals surface area contributed by atoms with E-state index in [4.69, 9.17) is 10.5 Å². The van der Waals surface area contributed by atoms with Gasteiger partial charge < -0.3 is 25.2 Å². The van der Waals surface area contributed by atoms with Crippen LogP contribution >= 0.6 is 0 Å². The fourth-order valence-corrected chi connectivity index (χ4v) is 5.14. The van der Waals surface area contributed by atoms with Gasteiger partial charge >= 0.3 is 0 Å². The number of nitrogen functional groups attached to an aromatic ring is 1. The molecular weight excluding hydrogens is 350 g/mol. The molecule has 6 heteroatoms. The molecule has 3 aliphatic rings. The van der Waals surface area contributed by atoms with Crippen molar-refractivity contribution >= 4 is 11.4 Å². The van der Waals surface area contributed by atoms with Gasteiger partial charge in [-0.1, -0.05) is 6.07 Å². The lowest BCUT2D eigenvalue weighted by Crippen LogP contribution is -2.54. The first-order valence-electron chi connectivity index (χ1n) is 11.1. The Morgan fingerprint density at radius 3 is 2.86 bits per heavy atom. The lowest BCUT2D eigenvalue weighted by atomic mass is 10.1. The number of ether oxygens (including phenoxy) is 1. The average Bonchev–Trinajstić information content (AvgIpc) is 3.28. The molecule has 2 fully saturated rings.